The zero-order valence-electron chi connectivity index (χ0n) is 14.1. The van der Waals surface area contributed by atoms with E-state index in [1.54, 1.807) is 11.3 Å². The lowest BCUT2D eigenvalue weighted by molar-refractivity contribution is 0.0792. The summed E-state index contributed by atoms with van der Waals surface area (Å²) in [6, 6.07) is 0. The van der Waals surface area contributed by atoms with E-state index < -0.39 is 0 Å². The first-order valence-electron chi connectivity index (χ1n) is 8.67. The molecule has 1 amide bonds. The smallest absolute Gasteiger partial charge is 0.282 e. The number of carbonyl (C=O) groups is 1. The highest BCUT2D eigenvalue weighted by Gasteiger charge is 2.25. The molecule has 0 spiro atoms. The summed E-state index contributed by atoms with van der Waals surface area (Å²) < 4.78 is 1.85. The van der Waals surface area contributed by atoms with Gasteiger partial charge in [0.05, 0.1) is 11.9 Å². The highest BCUT2D eigenvalue weighted by molar-refractivity contribution is 7.13. The molecule has 1 fully saturated rings. The van der Waals surface area contributed by atoms with Crippen LogP contribution < -0.4 is 0 Å². The molecule has 0 atom stereocenters. The van der Waals surface area contributed by atoms with Crippen molar-refractivity contribution in [1.29, 1.82) is 0 Å². The summed E-state index contributed by atoms with van der Waals surface area (Å²) in [4.78, 5) is 22.9. The molecule has 7 heteroatoms. The Morgan fingerprint density at radius 3 is 2.75 bits per heavy atom. The van der Waals surface area contributed by atoms with Crippen LogP contribution in [0.25, 0.3) is 0 Å². The minimum absolute atomic E-state index is 0.137. The summed E-state index contributed by atoms with van der Waals surface area (Å²) in [5.41, 5.74) is 2.39. The van der Waals surface area contributed by atoms with Gasteiger partial charge in [0.15, 0.2) is 5.01 Å². The second-order valence-electron chi connectivity index (χ2n) is 6.69. The van der Waals surface area contributed by atoms with Crippen molar-refractivity contribution in [2.24, 2.45) is 7.05 Å². The predicted octanol–water partition coefficient (Wildman–Crippen LogP) is 1.71. The Labute approximate surface area is 146 Å². The molecule has 1 saturated heterocycles. The molecule has 4 heterocycles. The van der Waals surface area contributed by atoms with Crippen LogP contribution in [0, 0.1) is 0 Å². The van der Waals surface area contributed by atoms with E-state index in [2.05, 4.69) is 21.2 Å². The summed E-state index contributed by atoms with van der Waals surface area (Å²) in [7, 11) is 1.95. The van der Waals surface area contributed by atoms with Crippen molar-refractivity contribution >= 4 is 17.2 Å². The van der Waals surface area contributed by atoms with Crippen LogP contribution in [0.3, 0.4) is 0 Å². The molecule has 128 valence electrons. The van der Waals surface area contributed by atoms with Gasteiger partial charge in [-0.3, -0.25) is 14.4 Å². The van der Waals surface area contributed by atoms with E-state index >= 15 is 0 Å². The second-order valence-corrected chi connectivity index (χ2v) is 7.77. The molecule has 2 aromatic heterocycles. The maximum absolute atomic E-state index is 12.5. The first-order chi connectivity index (χ1) is 11.7. The van der Waals surface area contributed by atoms with E-state index in [0.29, 0.717) is 5.01 Å². The van der Waals surface area contributed by atoms with Crippen LogP contribution in [0.2, 0.25) is 0 Å². The maximum atomic E-state index is 12.5. The number of amides is 1. The standard InChI is InChI=1S/C17H23N5OS/c1-20-11-13(10-18-20)12-21-8-4-14-15(5-9-21)24-16(19-14)17(23)22-6-2-3-7-22/h10-11H,2-9,12H2,1H3. The Balaban J connectivity index is 1.41. The van der Waals surface area contributed by atoms with Crippen molar-refractivity contribution in [2.45, 2.75) is 32.2 Å². The first kappa shape index (κ1) is 15.8. The minimum atomic E-state index is 0.137. The molecule has 6 nitrogen and oxygen atoms in total. The summed E-state index contributed by atoms with van der Waals surface area (Å²) >= 11 is 1.61. The average Bonchev–Trinajstić information content (AvgIpc) is 3.29. The topological polar surface area (TPSA) is 54.3 Å². The molecular weight excluding hydrogens is 322 g/mol. The van der Waals surface area contributed by atoms with E-state index in [9.17, 15) is 4.79 Å². The Morgan fingerprint density at radius 2 is 2.00 bits per heavy atom. The lowest BCUT2D eigenvalue weighted by Crippen LogP contribution is -2.28. The largest absolute Gasteiger partial charge is 0.337 e. The fraction of sp³-hybridized carbons (Fsp3) is 0.588. The summed E-state index contributed by atoms with van der Waals surface area (Å²) in [6.45, 7) is 4.72. The molecule has 0 aromatic carbocycles. The minimum Gasteiger partial charge on any atom is -0.337 e. The molecule has 24 heavy (non-hydrogen) atoms. The number of hydrogen-bond acceptors (Lipinski definition) is 5. The number of fused-ring (bicyclic) bond motifs is 1. The number of rotatable bonds is 3. The number of hydrogen-bond donors (Lipinski definition) is 0. The van der Waals surface area contributed by atoms with Crippen LogP contribution in [0.1, 0.15) is 38.8 Å². The number of carbonyl (C=O) groups excluding carboxylic acids is 1. The van der Waals surface area contributed by atoms with E-state index in [1.807, 2.05) is 22.8 Å². The van der Waals surface area contributed by atoms with E-state index in [4.69, 9.17) is 0 Å². The summed E-state index contributed by atoms with van der Waals surface area (Å²) in [6.07, 6.45) is 8.18. The number of aromatic nitrogens is 3. The van der Waals surface area contributed by atoms with Crippen LogP contribution in [0.4, 0.5) is 0 Å². The summed E-state index contributed by atoms with van der Waals surface area (Å²) in [5.74, 6) is 0.137. The predicted molar refractivity (Wildman–Crippen MR) is 93.1 cm³/mol. The van der Waals surface area contributed by atoms with Crippen molar-refractivity contribution < 1.29 is 4.79 Å². The van der Waals surface area contributed by atoms with Crippen LogP contribution in [-0.4, -0.2) is 56.7 Å². The lowest BCUT2D eigenvalue weighted by Gasteiger charge is -2.18. The zero-order chi connectivity index (χ0) is 16.5. The van der Waals surface area contributed by atoms with Gasteiger partial charge in [0.2, 0.25) is 0 Å². The second kappa shape index (κ2) is 6.64. The van der Waals surface area contributed by atoms with Gasteiger partial charge in [-0.2, -0.15) is 5.10 Å². The van der Waals surface area contributed by atoms with Gasteiger partial charge in [-0.1, -0.05) is 0 Å². The molecular formula is C17H23N5OS. The molecule has 0 radical (unpaired) electrons. The van der Waals surface area contributed by atoms with E-state index in [-0.39, 0.29) is 5.91 Å². The molecule has 0 N–H and O–H groups in total. The van der Waals surface area contributed by atoms with Crippen LogP contribution >= 0.6 is 11.3 Å². The Kier molecular flexibility index (Phi) is 4.37. The van der Waals surface area contributed by atoms with Crippen LogP contribution in [0.15, 0.2) is 12.4 Å². The SMILES string of the molecule is Cn1cc(CN2CCc3nc(C(=O)N4CCCC4)sc3CC2)cn1. The number of thiazole rings is 1. The molecule has 0 aliphatic carbocycles. The Hall–Kier alpha value is -1.73. The van der Waals surface area contributed by atoms with E-state index in [1.165, 1.54) is 10.4 Å². The van der Waals surface area contributed by atoms with Crippen molar-refractivity contribution in [1.82, 2.24) is 24.6 Å². The quantitative estimate of drug-likeness (QED) is 0.850. The van der Waals surface area contributed by atoms with Crippen LogP contribution in [0.5, 0.6) is 0 Å². The average molecular weight is 345 g/mol. The third-order valence-electron chi connectivity index (χ3n) is 4.84. The molecule has 0 saturated carbocycles. The van der Waals surface area contributed by atoms with Crippen molar-refractivity contribution in [3.05, 3.63) is 33.5 Å². The van der Waals surface area contributed by atoms with Gasteiger partial charge in [-0.05, 0) is 19.3 Å². The normalized spacial score (nSPS) is 18.6. The molecule has 0 bridgehead atoms. The lowest BCUT2D eigenvalue weighted by atomic mass is 10.2. The summed E-state index contributed by atoms with van der Waals surface area (Å²) in [5, 5.41) is 4.94. The molecule has 2 aromatic rings. The van der Waals surface area contributed by atoms with Crippen molar-refractivity contribution in [2.75, 3.05) is 26.2 Å². The Bertz CT molecular complexity index is 706. The zero-order valence-corrected chi connectivity index (χ0v) is 14.9. The van der Waals surface area contributed by atoms with E-state index in [0.717, 1.165) is 64.1 Å². The first-order valence-corrected chi connectivity index (χ1v) is 9.48. The number of aryl methyl sites for hydroxylation is 1. The molecule has 2 aliphatic rings. The Morgan fingerprint density at radius 1 is 1.21 bits per heavy atom. The van der Waals surface area contributed by atoms with Gasteiger partial charge in [-0.25, -0.2) is 4.98 Å². The van der Waals surface area contributed by atoms with Crippen molar-refractivity contribution in [3.8, 4) is 0 Å². The molecule has 4 rings (SSSR count). The highest BCUT2D eigenvalue weighted by Crippen LogP contribution is 2.25. The highest BCUT2D eigenvalue weighted by atomic mass is 32.1. The molecule has 0 unspecified atom stereocenters. The third-order valence-corrected chi connectivity index (χ3v) is 5.98. The van der Waals surface area contributed by atoms with Gasteiger partial charge < -0.3 is 4.90 Å². The van der Waals surface area contributed by atoms with Gasteiger partial charge in [0.1, 0.15) is 0 Å². The number of likely N-dealkylation sites (tertiary alicyclic amines) is 1. The monoisotopic (exact) mass is 345 g/mol. The van der Waals surface area contributed by atoms with Crippen LogP contribution in [-0.2, 0) is 26.4 Å². The van der Waals surface area contributed by atoms with Gasteiger partial charge in [0, 0.05) is 62.8 Å². The van der Waals surface area contributed by atoms with Gasteiger partial charge in [0.25, 0.3) is 5.91 Å². The fourth-order valence-corrected chi connectivity index (χ4v) is 4.59. The van der Waals surface area contributed by atoms with Crippen molar-refractivity contribution in [3.63, 3.8) is 0 Å². The number of nitrogens with zero attached hydrogens (tertiary/aromatic N) is 5. The molecule has 2 aliphatic heterocycles. The third kappa shape index (κ3) is 3.23. The maximum Gasteiger partial charge on any atom is 0.282 e. The fourth-order valence-electron chi connectivity index (χ4n) is 3.53. The van der Waals surface area contributed by atoms with Gasteiger partial charge >= 0.3 is 0 Å². The van der Waals surface area contributed by atoms with Gasteiger partial charge in [-0.15, -0.1) is 11.3 Å².